The van der Waals surface area contributed by atoms with Crippen molar-refractivity contribution in [1.82, 2.24) is 0 Å². The Morgan fingerprint density at radius 3 is 2.79 bits per heavy atom. The zero-order valence-corrected chi connectivity index (χ0v) is 18.5. The highest BCUT2D eigenvalue weighted by molar-refractivity contribution is 5.72. The van der Waals surface area contributed by atoms with Crippen molar-refractivity contribution in [3.63, 3.8) is 0 Å². The smallest absolute Gasteiger partial charge is 0.308 e. The first kappa shape index (κ1) is 22.1. The van der Waals surface area contributed by atoms with Crippen LogP contribution >= 0.6 is 0 Å². The Morgan fingerprint density at radius 2 is 2.10 bits per heavy atom. The molecule has 0 saturated carbocycles. The van der Waals surface area contributed by atoms with E-state index in [1.165, 1.54) is 5.57 Å². The average Bonchev–Trinajstić information content (AvgIpc) is 2.65. The van der Waals surface area contributed by atoms with Gasteiger partial charge in [-0.15, -0.1) is 0 Å². The number of hydrogen-bond acceptors (Lipinski definition) is 4. The molecule has 162 valence electrons. The van der Waals surface area contributed by atoms with Crippen molar-refractivity contribution in [2.45, 2.75) is 84.5 Å². The molecule has 0 radical (unpaired) electrons. The number of hydrogen-bond donors (Lipinski definition) is 1. The first-order valence-electron chi connectivity index (χ1n) is 11.4. The van der Waals surface area contributed by atoms with Crippen LogP contribution in [0.5, 0.6) is 0 Å². The van der Waals surface area contributed by atoms with Gasteiger partial charge in [-0.1, -0.05) is 52.5 Å². The minimum atomic E-state index is -0.347. The standard InChI is InChI=1S/C25H38O4/c1-6-16(3)25(27)29-23-12-15(2)11-19-8-7-17(4)22(24(19)23)10-9-21-14-20(26)13-18(5)28-21/h7-8,11,15-17,20-24,26H,5-6,9-10,12-14H2,1-4H3/t15-,16?,17-,20?,21?,22?,23?,24?/m0/s1. The van der Waals surface area contributed by atoms with Crippen LogP contribution in [0, 0.1) is 29.6 Å². The highest BCUT2D eigenvalue weighted by atomic mass is 16.5. The quantitative estimate of drug-likeness (QED) is 0.622. The summed E-state index contributed by atoms with van der Waals surface area (Å²) >= 11 is 0. The van der Waals surface area contributed by atoms with Crippen LogP contribution in [-0.4, -0.2) is 29.4 Å². The van der Waals surface area contributed by atoms with E-state index < -0.39 is 0 Å². The molecule has 29 heavy (non-hydrogen) atoms. The SMILES string of the molecule is C=C1CC(O)CC(CCC2C3C(=C[C@H](C)CC3OC(=O)C(C)CC)C=C[C@@H]2C)O1. The van der Waals surface area contributed by atoms with E-state index in [0.29, 0.717) is 36.4 Å². The van der Waals surface area contributed by atoms with Crippen molar-refractivity contribution in [2.75, 3.05) is 0 Å². The van der Waals surface area contributed by atoms with Crippen LogP contribution in [-0.2, 0) is 14.3 Å². The van der Waals surface area contributed by atoms with Crippen molar-refractivity contribution >= 4 is 5.97 Å². The minimum Gasteiger partial charge on any atom is -0.495 e. The number of esters is 1. The third-order valence-corrected chi connectivity index (χ3v) is 7.03. The molecule has 1 aliphatic heterocycles. The van der Waals surface area contributed by atoms with E-state index in [2.05, 4.69) is 38.7 Å². The molecule has 0 bridgehead atoms. The normalized spacial score (nSPS) is 37.9. The van der Waals surface area contributed by atoms with Crippen LogP contribution in [0.15, 0.2) is 36.1 Å². The maximum absolute atomic E-state index is 12.6. The number of fused-ring (bicyclic) bond motifs is 1. The Labute approximate surface area is 176 Å². The number of carbonyl (C=O) groups excluding carboxylic acids is 1. The van der Waals surface area contributed by atoms with Gasteiger partial charge in [0.2, 0.25) is 0 Å². The number of carbonyl (C=O) groups is 1. The fourth-order valence-electron chi connectivity index (χ4n) is 5.19. The van der Waals surface area contributed by atoms with Gasteiger partial charge in [-0.05, 0) is 49.0 Å². The predicted octanol–water partition coefficient (Wildman–Crippen LogP) is 5.18. The van der Waals surface area contributed by atoms with Crippen LogP contribution in [0.4, 0.5) is 0 Å². The molecule has 0 aromatic heterocycles. The van der Waals surface area contributed by atoms with E-state index in [1.54, 1.807) is 0 Å². The number of rotatable bonds is 6. The summed E-state index contributed by atoms with van der Waals surface area (Å²) in [5.41, 5.74) is 1.32. The number of ether oxygens (including phenoxy) is 2. The van der Waals surface area contributed by atoms with Gasteiger partial charge >= 0.3 is 5.97 Å². The highest BCUT2D eigenvalue weighted by Crippen LogP contribution is 2.45. The summed E-state index contributed by atoms with van der Waals surface area (Å²) in [6.07, 6.45) is 11.3. The van der Waals surface area contributed by atoms with E-state index in [1.807, 2.05) is 13.8 Å². The van der Waals surface area contributed by atoms with Crippen molar-refractivity contribution in [3.05, 3.63) is 36.1 Å². The number of allylic oxidation sites excluding steroid dienone is 3. The zero-order valence-electron chi connectivity index (χ0n) is 18.5. The van der Waals surface area contributed by atoms with Gasteiger partial charge in [-0.3, -0.25) is 4.79 Å². The summed E-state index contributed by atoms with van der Waals surface area (Å²) in [6, 6.07) is 0. The molecule has 6 unspecified atom stereocenters. The van der Waals surface area contributed by atoms with Gasteiger partial charge in [0, 0.05) is 18.8 Å². The Morgan fingerprint density at radius 1 is 1.34 bits per heavy atom. The largest absolute Gasteiger partial charge is 0.495 e. The van der Waals surface area contributed by atoms with Gasteiger partial charge in [0.1, 0.15) is 12.2 Å². The molecule has 0 amide bonds. The lowest BCUT2D eigenvalue weighted by Crippen LogP contribution is -2.42. The molecule has 3 aliphatic rings. The minimum absolute atomic E-state index is 0.0282. The van der Waals surface area contributed by atoms with Crippen molar-refractivity contribution in [3.8, 4) is 0 Å². The summed E-state index contributed by atoms with van der Waals surface area (Å²) in [5.74, 6) is 2.06. The van der Waals surface area contributed by atoms with Crippen molar-refractivity contribution < 1.29 is 19.4 Å². The van der Waals surface area contributed by atoms with Gasteiger partial charge in [-0.2, -0.15) is 0 Å². The lowest BCUT2D eigenvalue weighted by Gasteiger charge is -2.43. The third kappa shape index (κ3) is 5.33. The first-order chi connectivity index (χ1) is 13.8. The van der Waals surface area contributed by atoms with Gasteiger partial charge in [0.05, 0.1) is 17.8 Å². The first-order valence-corrected chi connectivity index (χ1v) is 11.4. The fraction of sp³-hybridized carbons (Fsp3) is 0.720. The molecule has 0 aromatic rings. The molecule has 1 N–H and O–H groups in total. The summed E-state index contributed by atoms with van der Waals surface area (Å²) in [4.78, 5) is 12.6. The van der Waals surface area contributed by atoms with E-state index in [9.17, 15) is 9.90 Å². The molecule has 1 fully saturated rings. The maximum Gasteiger partial charge on any atom is 0.308 e. The summed E-state index contributed by atoms with van der Waals surface area (Å²) in [6.45, 7) is 12.4. The molecule has 4 nitrogen and oxygen atoms in total. The van der Waals surface area contributed by atoms with Gasteiger partial charge < -0.3 is 14.6 Å². The fourth-order valence-corrected chi connectivity index (χ4v) is 5.19. The van der Waals surface area contributed by atoms with Gasteiger partial charge in [-0.25, -0.2) is 0 Å². The summed E-state index contributed by atoms with van der Waals surface area (Å²) in [7, 11) is 0. The van der Waals surface area contributed by atoms with Crippen LogP contribution in [0.1, 0.15) is 66.2 Å². The van der Waals surface area contributed by atoms with Crippen molar-refractivity contribution in [1.29, 1.82) is 0 Å². The predicted molar refractivity (Wildman–Crippen MR) is 115 cm³/mol. The van der Waals surface area contributed by atoms with Crippen LogP contribution < -0.4 is 0 Å². The molecule has 1 heterocycles. The summed E-state index contributed by atoms with van der Waals surface area (Å²) < 4.78 is 12.0. The molecule has 2 aliphatic carbocycles. The van der Waals surface area contributed by atoms with E-state index in [4.69, 9.17) is 9.47 Å². The van der Waals surface area contributed by atoms with E-state index in [0.717, 1.165) is 25.7 Å². The van der Waals surface area contributed by atoms with Gasteiger partial charge in [0.15, 0.2) is 0 Å². The van der Waals surface area contributed by atoms with Crippen LogP contribution in [0.2, 0.25) is 0 Å². The lowest BCUT2D eigenvalue weighted by atomic mass is 9.65. The van der Waals surface area contributed by atoms with E-state index >= 15 is 0 Å². The molecule has 0 aromatic carbocycles. The Balaban J connectivity index is 1.74. The Hall–Kier alpha value is -1.55. The Kier molecular flexibility index (Phi) is 7.26. The number of aliphatic hydroxyl groups is 1. The number of aliphatic hydroxyl groups excluding tert-OH is 1. The van der Waals surface area contributed by atoms with Crippen molar-refractivity contribution in [2.24, 2.45) is 29.6 Å². The summed E-state index contributed by atoms with van der Waals surface area (Å²) in [5, 5.41) is 10.1. The van der Waals surface area contributed by atoms with Gasteiger partial charge in [0.25, 0.3) is 0 Å². The second-order valence-corrected chi connectivity index (χ2v) is 9.52. The molecule has 1 saturated heterocycles. The highest BCUT2D eigenvalue weighted by Gasteiger charge is 2.42. The molecule has 4 heteroatoms. The average molecular weight is 403 g/mol. The van der Waals surface area contributed by atoms with E-state index in [-0.39, 0.29) is 36.1 Å². The molecule has 3 rings (SSSR count). The van der Waals surface area contributed by atoms with Crippen LogP contribution in [0.25, 0.3) is 0 Å². The Bertz CT molecular complexity index is 664. The topological polar surface area (TPSA) is 55.8 Å². The molecule has 8 atom stereocenters. The molecular weight excluding hydrogens is 364 g/mol. The maximum atomic E-state index is 12.6. The molecular formula is C25H38O4. The second-order valence-electron chi connectivity index (χ2n) is 9.52. The van der Waals surface area contributed by atoms with Crippen LogP contribution in [0.3, 0.4) is 0 Å². The third-order valence-electron chi connectivity index (χ3n) is 7.03. The zero-order chi connectivity index (χ0) is 21.1. The lowest BCUT2D eigenvalue weighted by molar-refractivity contribution is -0.158. The second kappa shape index (κ2) is 9.51. The molecule has 0 spiro atoms. The monoisotopic (exact) mass is 402 g/mol.